The lowest BCUT2D eigenvalue weighted by atomic mass is 10.1. The van der Waals surface area contributed by atoms with Crippen molar-refractivity contribution in [3.63, 3.8) is 0 Å². The smallest absolute Gasteiger partial charge is 0.408 e. The molecule has 2 aromatic carbocycles. The second-order valence-corrected chi connectivity index (χ2v) is 6.32. The molecule has 0 radical (unpaired) electrons. The molecule has 0 saturated heterocycles. The third-order valence-corrected chi connectivity index (χ3v) is 4.11. The van der Waals surface area contributed by atoms with Crippen molar-refractivity contribution >= 4 is 12.1 Å². The Labute approximate surface area is 162 Å². The monoisotopic (exact) mass is 379 g/mol. The molecule has 0 bridgehead atoms. The summed E-state index contributed by atoms with van der Waals surface area (Å²) < 4.78 is 6.96. The first-order valence-corrected chi connectivity index (χ1v) is 8.85. The standard InChI is InChI=1S/C21H21N3O4/c25-20(26)19(23-21(27)28-14-17-9-5-2-6-10-17)11-18-13-24(15-22-18)12-16-7-3-1-4-8-16/h1-10,13,15,19H,11-12,14H2,(H,23,27)(H,25,26). The number of aliphatic carboxylic acids is 1. The second-order valence-electron chi connectivity index (χ2n) is 6.32. The Bertz CT molecular complexity index is 910. The average Bonchev–Trinajstić information content (AvgIpc) is 3.14. The number of ether oxygens (including phenoxy) is 1. The summed E-state index contributed by atoms with van der Waals surface area (Å²) in [4.78, 5) is 27.7. The maximum Gasteiger partial charge on any atom is 0.408 e. The molecule has 1 heterocycles. The Morgan fingerprint density at radius 2 is 1.68 bits per heavy atom. The van der Waals surface area contributed by atoms with Crippen molar-refractivity contribution < 1.29 is 19.4 Å². The molecule has 1 aromatic heterocycles. The van der Waals surface area contributed by atoms with Gasteiger partial charge in [0.25, 0.3) is 0 Å². The molecule has 0 spiro atoms. The molecule has 7 nitrogen and oxygen atoms in total. The van der Waals surface area contributed by atoms with Crippen molar-refractivity contribution in [2.24, 2.45) is 0 Å². The lowest BCUT2D eigenvalue weighted by Crippen LogP contribution is -2.42. The summed E-state index contributed by atoms with van der Waals surface area (Å²) in [6.45, 7) is 0.711. The van der Waals surface area contributed by atoms with Crippen LogP contribution in [0.5, 0.6) is 0 Å². The van der Waals surface area contributed by atoms with Gasteiger partial charge in [-0.2, -0.15) is 0 Å². The Kier molecular flexibility index (Phi) is 6.41. The van der Waals surface area contributed by atoms with Gasteiger partial charge in [0.15, 0.2) is 0 Å². The van der Waals surface area contributed by atoms with E-state index in [4.69, 9.17) is 4.74 Å². The number of carbonyl (C=O) groups is 2. The summed E-state index contributed by atoms with van der Waals surface area (Å²) in [5.74, 6) is -1.14. The first kappa shape index (κ1) is 19.2. The van der Waals surface area contributed by atoms with Gasteiger partial charge in [-0.25, -0.2) is 14.6 Å². The number of nitrogens with one attached hydrogen (secondary N) is 1. The highest BCUT2D eigenvalue weighted by Gasteiger charge is 2.22. The van der Waals surface area contributed by atoms with E-state index in [-0.39, 0.29) is 13.0 Å². The van der Waals surface area contributed by atoms with E-state index >= 15 is 0 Å². The molecule has 1 unspecified atom stereocenters. The van der Waals surface area contributed by atoms with Crippen LogP contribution in [0.1, 0.15) is 16.8 Å². The van der Waals surface area contributed by atoms with Gasteiger partial charge < -0.3 is 19.7 Å². The van der Waals surface area contributed by atoms with E-state index in [1.54, 1.807) is 12.5 Å². The number of hydrogen-bond donors (Lipinski definition) is 2. The van der Waals surface area contributed by atoms with Crippen LogP contribution in [0.4, 0.5) is 4.79 Å². The molecule has 0 aliphatic carbocycles. The SMILES string of the molecule is O=C(NC(Cc1cn(Cc2ccccc2)cn1)C(=O)O)OCc1ccccc1. The van der Waals surface area contributed by atoms with E-state index in [0.717, 1.165) is 11.1 Å². The molecule has 1 atom stereocenters. The third kappa shape index (κ3) is 5.70. The first-order chi connectivity index (χ1) is 13.6. The molecule has 3 rings (SSSR count). The number of hydrogen-bond acceptors (Lipinski definition) is 4. The fourth-order valence-corrected chi connectivity index (χ4v) is 2.71. The van der Waals surface area contributed by atoms with Gasteiger partial charge in [0.1, 0.15) is 12.6 Å². The average molecular weight is 379 g/mol. The van der Waals surface area contributed by atoms with Crippen molar-refractivity contribution in [1.82, 2.24) is 14.9 Å². The van der Waals surface area contributed by atoms with Crippen LogP contribution in [0, 0.1) is 0 Å². The fourth-order valence-electron chi connectivity index (χ4n) is 2.71. The normalized spacial score (nSPS) is 11.6. The maximum absolute atomic E-state index is 11.9. The van der Waals surface area contributed by atoms with Crippen LogP contribution in [0.15, 0.2) is 73.2 Å². The van der Waals surface area contributed by atoms with Crippen molar-refractivity contribution in [3.8, 4) is 0 Å². The summed E-state index contributed by atoms with van der Waals surface area (Å²) >= 11 is 0. The topological polar surface area (TPSA) is 93.5 Å². The van der Waals surface area contributed by atoms with E-state index < -0.39 is 18.1 Å². The zero-order valence-electron chi connectivity index (χ0n) is 15.2. The molecule has 0 saturated carbocycles. The molecule has 3 aromatic rings. The van der Waals surface area contributed by atoms with Crippen molar-refractivity contribution in [2.75, 3.05) is 0 Å². The molecule has 28 heavy (non-hydrogen) atoms. The van der Waals surface area contributed by atoms with Crippen LogP contribution in [0.25, 0.3) is 0 Å². The summed E-state index contributed by atoms with van der Waals surface area (Å²) in [5.41, 5.74) is 2.51. The Balaban J connectivity index is 1.54. The predicted molar refractivity (Wildman–Crippen MR) is 103 cm³/mol. The number of rotatable bonds is 8. The Hall–Kier alpha value is -3.61. The van der Waals surface area contributed by atoms with Gasteiger partial charge >= 0.3 is 12.1 Å². The number of carbonyl (C=O) groups excluding carboxylic acids is 1. The van der Waals surface area contributed by atoms with E-state index in [1.807, 2.05) is 65.2 Å². The van der Waals surface area contributed by atoms with Crippen molar-refractivity contribution in [3.05, 3.63) is 90.0 Å². The van der Waals surface area contributed by atoms with Crippen LogP contribution in [-0.4, -0.2) is 32.8 Å². The summed E-state index contributed by atoms with van der Waals surface area (Å²) in [6.07, 6.45) is 2.71. The molecule has 7 heteroatoms. The lowest BCUT2D eigenvalue weighted by molar-refractivity contribution is -0.139. The molecule has 144 valence electrons. The second kappa shape index (κ2) is 9.36. The fraction of sp³-hybridized carbons (Fsp3) is 0.190. The summed E-state index contributed by atoms with van der Waals surface area (Å²) in [6, 6.07) is 17.9. The minimum atomic E-state index is -1.14. The summed E-state index contributed by atoms with van der Waals surface area (Å²) in [7, 11) is 0. The number of alkyl carbamates (subject to hydrolysis) is 1. The molecule has 0 aliphatic rings. The molecule has 1 amide bonds. The molecule has 0 fully saturated rings. The number of carboxylic acids is 1. The van der Waals surface area contributed by atoms with Gasteiger partial charge in [-0.3, -0.25) is 0 Å². The minimum absolute atomic E-state index is 0.0670. The van der Waals surface area contributed by atoms with Crippen LogP contribution < -0.4 is 5.32 Å². The highest BCUT2D eigenvalue weighted by Crippen LogP contribution is 2.07. The molecule has 0 aliphatic heterocycles. The third-order valence-electron chi connectivity index (χ3n) is 4.11. The van der Waals surface area contributed by atoms with Crippen LogP contribution >= 0.6 is 0 Å². The highest BCUT2D eigenvalue weighted by molar-refractivity contribution is 5.80. The van der Waals surface area contributed by atoms with E-state index in [2.05, 4.69) is 10.3 Å². The van der Waals surface area contributed by atoms with Gasteiger partial charge in [-0.1, -0.05) is 60.7 Å². The van der Waals surface area contributed by atoms with Crippen LogP contribution in [-0.2, 0) is 29.1 Å². The number of aromatic nitrogens is 2. The number of imidazole rings is 1. The number of carboxylic acid groups (broad SMARTS) is 1. The minimum Gasteiger partial charge on any atom is -0.480 e. The predicted octanol–water partition coefficient (Wildman–Crippen LogP) is 2.85. The molecular weight excluding hydrogens is 358 g/mol. The largest absolute Gasteiger partial charge is 0.480 e. The van der Waals surface area contributed by atoms with Gasteiger partial charge in [-0.15, -0.1) is 0 Å². The van der Waals surface area contributed by atoms with Crippen LogP contribution in [0.3, 0.4) is 0 Å². The zero-order valence-corrected chi connectivity index (χ0v) is 15.2. The van der Waals surface area contributed by atoms with Crippen molar-refractivity contribution in [2.45, 2.75) is 25.6 Å². The molecular formula is C21H21N3O4. The Morgan fingerprint density at radius 1 is 1.04 bits per heavy atom. The molecule has 2 N–H and O–H groups in total. The quantitative estimate of drug-likeness (QED) is 0.628. The van der Waals surface area contributed by atoms with Gasteiger partial charge in [0.05, 0.1) is 12.0 Å². The lowest BCUT2D eigenvalue weighted by Gasteiger charge is -2.13. The number of nitrogens with zero attached hydrogens (tertiary/aromatic N) is 2. The van der Waals surface area contributed by atoms with E-state index in [1.165, 1.54) is 0 Å². The van der Waals surface area contributed by atoms with Crippen molar-refractivity contribution in [1.29, 1.82) is 0 Å². The maximum atomic E-state index is 11.9. The Morgan fingerprint density at radius 3 is 2.32 bits per heavy atom. The van der Waals surface area contributed by atoms with E-state index in [0.29, 0.717) is 12.2 Å². The number of benzene rings is 2. The first-order valence-electron chi connectivity index (χ1n) is 8.85. The zero-order chi connectivity index (χ0) is 19.8. The van der Waals surface area contributed by atoms with Crippen LogP contribution in [0.2, 0.25) is 0 Å². The van der Waals surface area contributed by atoms with Gasteiger partial charge in [-0.05, 0) is 11.1 Å². The van der Waals surface area contributed by atoms with Gasteiger partial charge in [0.2, 0.25) is 0 Å². The number of amides is 1. The van der Waals surface area contributed by atoms with Gasteiger partial charge in [0, 0.05) is 19.2 Å². The summed E-state index contributed by atoms with van der Waals surface area (Å²) in [5, 5.41) is 11.8. The van der Waals surface area contributed by atoms with E-state index in [9.17, 15) is 14.7 Å². The highest BCUT2D eigenvalue weighted by atomic mass is 16.5.